The van der Waals surface area contributed by atoms with Crippen molar-refractivity contribution >= 4 is 17.5 Å². The number of hydrogen-bond donors (Lipinski definition) is 3. The topological polar surface area (TPSA) is 70.2 Å². The molecule has 0 unspecified atom stereocenters. The quantitative estimate of drug-likeness (QED) is 0.739. The minimum atomic E-state index is -0.299. The van der Waals surface area contributed by atoms with Crippen molar-refractivity contribution in [3.05, 3.63) is 64.7 Å². The van der Waals surface area contributed by atoms with Gasteiger partial charge in [-0.1, -0.05) is 47.5 Å². The minimum Gasteiger partial charge on any atom is -0.376 e. The van der Waals surface area contributed by atoms with Gasteiger partial charge in [0.25, 0.3) is 5.91 Å². The second kappa shape index (κ2) is 8.15. The molecule has 2 rings (SSSR count). The molecule has 5 heteroatoms. The zero-order chi connectivity index (χ0) is 17.5. The van der Waals surface area contributed by atoms with Crippen molar-refractivity contribution in [2.24, 2.45) is 0 Å². The van der Waals surface area contributed by atoms with Crippen LogP contribution < -0.4 is 16.2 Å². The number of amides is 2. The molecular weight excluding hydrogens is 302 g/mol. The highest BCUT2D eigenvalue weighted by atomic mass is 16.2. The zero-order valence-electron chi connectivity index (χ0n) is 14.3. The van der Waals surface area contributed by atoms with Crippen LogP contribution in [-0.4, -0.2) is 18.4 Å². The number of rotatable bonds is 5. The van der Waals surface area contributed by atoms with Crippen LogP contribution in [0.4, 0.5) is 5.69 Å². The summed E-state index contributed by atoms with van der Waals surface area (Å²) in [6.45, 7) is 6.09. The number of nitrogens with one attached hydrogen (secondary N) is 3. The van der Waals surface area contributed by atoms with Crippen molar-refractivity contribution < 1.29 is 9.59 Å². The molecule has 0 saturated carbocycles. The highest BCUT2D eigenvalue weighted by molar-refractivity contribution is 5.85. The summed E-state index contributed by atoms with van der Waals surface area (Å²) in [7, 11) is 0. The lowest BCUT2D eigenvalue weighted by Crippen LogP contribution is -2.44. The first-order chi connectivity index (χ1) is 11.4. The standard InChI is InChI=1S/C19H23N3O2/c1-13-4-7-16(8-5-13)11-18(23)21-22-19(24)12-20-17-9-6-14(2)10-15(17)3/h4-10,20H,11-12H2,1-3H3,(H,21,23)(H,22,24). The van der Waals surface area contributed by atoms with Crippen molar-refractivity contribution in [3.63, 3.8) is 0 Å². The third-order valence-electron chi connectivity index (χ3n) is 3.65. The van der Waals surface area contributed by atoms with E-state index in [9.17, 15) is 9.59 Å². The van der Waals surface area contributed by atoms with Gasteiger partial charge < -0.3 is 5.32 Å². The predicted octanol–water partition coefficient (Wildman–Crippen LogP) is 2.41. The van der Waals surface area contributed by atoms with Gasteiger partial charge in [0.15, 0.2) is 0 Å². The molecule has 2 amide bonds. The summed E-state index contributed by atoms with van der Waals surface area (Å²) in [4.78, 5) is 23.6. The van der Waals surface area contributed by atoms with Crippen LogP contribution in [-0.2, 0) is 16.0 Å². The highest BCUT2D eigenvalue weighted by Gasteiger charge is 2.06. The van der Waals surface area contributed by atoms with Crippen LogP contribution >= 0.6 is 0 Å². The van der Waals surface area contributed by atoms with Gasteiger partial charge >= 0.3 is 0 Å². The Bertz CT molecular complexity index is 724. The summed E-state index contributed by atoms with van der Waals surface area (Å²) < 4.78 is 0. The summed E-state index contributed by atoms with van der Waals surface area (Å²) in [5.41, 5.74) is 10.0. The Balaban J connectivity index is 1.74. The lowest BCUT2D eigenvalue weighted by atomic mass is 10.1. The Morgan fingerprint density at radius 1 is 0.833 bits per heavy atom. The van der Waals surface area contributed by atoms with E-state index in [2.05, 4.69) is 16.2 Å². The van der Waals surface area contributed by atoms with Crippen LogP contribution in [0.5, 0.6) is 0 Å². The average Bonchev–Trinajstić information content (AvgIpc) is 2.54. The number of carbonyl (C=O) groups is 2. The van der Waals surface area contributed by atoms with E-state index < -0.39 is 0 Å². The summed E-state index contributed by atoms with van der Waals surface area (Å²) in [5.74, 6) is -0.550. The lowest BCUT2D eigenvalue weighted by molar-refractivity contribution is -0.127. The number of hydrogen-bond acceptors (Lipinski definition) is 3. The van der Waals surface area contributed by atoms with Crippen LogP contribution in [0.15, 0.2) is 42.5 Å². The normalized spacial score (nSPS) is 10.1. The van der Waals surface area contributed by atoms with Crippen molar-refractivity contribution in [2.75, 3.05) is 11.9 Å². The number of benzene rings is 2. The minimum absolute atomic E-state index is 0.0920. The van der Waals surface area contributed by atoms with Gasteiger partial charge in [-0.15, -0.1) is 0 Å². The lowest BCUT2D eigenvalue weighted by Gasteiger charge is -2.11. The predicted molar refractivity (Wildman–Crippen MR) is 95.6 cm³/mol. The molecule has 0 atom stereocenters. The number of aryl methyl sites for hydroxylation is 3. The maximum Gasteiger partial charge on any atom is 0.257 e. The van der Waals surface area contributed by atoms with Gasteiger partial charge in [-0.3, -0.25) is 20.4 Å². The van der Waals surface area contributed by atoms with Crippen LogP contribution in [0.2, 0.25) is 0 Å². The largest absolute Gasteiger partial charge is 0.376 e. The van der Waals surface area contributed by atoms with E-state index >= 15 is 0 Å². The second-order valence-electron chi connectivity index (χ2n) is 5.93. The summed E-state index contributed by atoms with van der Waals surface area (Å²) >= 11 is 0. The molecule has 2 aromatic carbocycles. The molecule has 0 aliphatic carbocycles. The van der Waals surface area contributed by atoms with Crippen LogP contribution in [0, 0.1) is 20.8 Å². The monoisotopic (exact) mass is 325 g/mol. The summed E-state index contributed by atoms with van der Waals surface area (Å²) in [6, 6.07) is 13.7. The molecule has 0 radical (unpaired) electrons. The first-order valence-electron chi connectivity index (χ1n) is 7.88. The van der Waals surface area contributed by atoms with E-state index in [0.717, 1.165) is 22.4 Å². The fourth-order valence-electron chi connectivity index (χ4n) is 2.31. The molecule has 5 nitrogen and oxygen atoms in total. The van der Waals surface area contributed by atoms with Gasteiger partial charge in [0.2, 0.25) is 5.91 Å². The Kier molecular flexibility index (Phi) is 5.95. The molecule has 0 aromatic heterocycles. The van der Waals surface area contributed by atoms with E-state index in [1.807, 2.05) is 63.2 Å². The number of carbonyl (C=O) groups excluding carboxylic acids is 2. The van der Waals surface area contributed by atoms with Gasteiger partial charge in [-0.05, 0) is 38.0 Å². The third-order valence-corrected chi connectivity index (χ3v) is 3.65. The third kappa shape index (κ3) is 5.43. The molecule has 0 aliphatic heterocycles. The van der Waals surface area contributed by atoms with Gasteiger partial charge in [-0.2, -0.15) is 0 Å². The molecule has 24 heavy (non-hydrogen) atoms. The smallest absolute Gasteiger partial charge is 0.257 e. The molecule has 0 aliphatic rings. The van der Waals surface area contributed by atoms with Crippen molar-refractivity contribution in [1.82, 2.24) is 10.9 Å². The SMILES string of the molecule is Cc1ccc(CC(=O)NNC(=O)CNc2ccc(C)cc2C)cc1. The first kappa shape index (κ1) is 17.5. The molecule has 0 fully saturated rings. The summed E-state index contributed by atoms with van der Waals surface area (Å²) in [5, 5.41) is 3.06. The molecular formula is C19H23N3O2. The fraction of sp³-hybridized carbons (Fsp3) is 0.263. The first-order valence-corrected chi connectivity index (χ1v) is 7.88. The Morgan fingerprint density at radius 3 is 2.12 bits per heavy atom. The van der Waals surface area contributed by atoms with E-state index in [1.54, 1.807) is 0 Å². The van der Waals surface area contributed by atoms with Crippen molar-refractivity contribution in [3.8, 4) is 0 Å². The molecule has 0 bridgehead atoms. The Labute approximate surface area is 142 Å². The molecule has 126 valence electrons. The molecule has 0 heterocycles. The average molecular weight is 325 g/mol. The van der Waals surface area contributed by atoms with Crippen molar-refractivity contribution in [1.29, 1.82) is 0 Å². The number of hydrazine groups is 1. The molecule has 0 saturated heterocycles. The van der Waals surface area contributed by atoms with E-state index in [0.29, 0.717) is 0 Å². The van der Waals surface area contributed by atoms with Gasteiger partial charge in [-0.25, -0.2) is 0 Å². The van der Waals surface area contributed by atoms with Crippen LogP contribution in [0.3, 0.4) is 0 Å². The van der Waals surface area contributed by atoms with Gasteiger partial charge in [0.1, 0.15) is 0 Å². The fourth-order valence-corrected chi connectivity index (χ4v) is 2.31. The zero-order valence-corrected chi connectivity index (χ0v) is 14.3. The van der Waals surface area contributed by atoms with E-state index in [1.165, 1.54) is 5.56 Å². The van der Waals surface area contributed by atoms with Gasteiger partial charge in [0, 0.05) is 5.69 Å². The van der Waals surface area contributed by atoms with Crippen LogP contribution in [0.25, 0.3) is 0 Å². The number of anilines is 1. The second-order valence-corrected chi connectivity index (χ2v) is 5.93. The van der Waals surface area contributed by atoms with Gasteiger partial charge in [0.05, 0.1) is 13.0 Å². The molecule has 3 N–H and O–H groups in total. The highest BCUT2D eigenvalue weighted by Crippen LogP contribution is 2.15. The molecule has 0 spiro atoms. The van der Waals surface area contributed by atoms with E-state index in [-0.39, 0.29) is 24.8 Å². The Hall–Kier alpha value is -2.82. The van der Waals surface area contributed by atoms with Crippen molar-refractivity contribution in [2.45, 2.75) is 27.2 Å². The Morgan fingerprint density at radius 2 is 1.46 bits per heavy atom. The van der Waals surface area contributed by atoms with Crippen LogP contribution in [0.1, 0.15) is 22.3 Å². The maximum absolute atomic E-state index is 11.8. The maximum atomic E-state index is 11.8. The summed E-state index contributed by atoms with van der Waals surface area (Å²) in [6.07, 6.45) is 0.227. The molecule has 2 aromatic rings. The van der Waals surface area contributed by atoms with E-state index in [4.69, 9.17) is 0 Å².